The van der Waals surface area contributed by atoms with Gasteiger partial charge in [-0.2, -0.15) is 0 Å². The number of nitrogens with two attached hydrogens (primary N) is 1. The molecule has 0 aliphatic heterocycles. The van der Waals surface area contributed by atoms with Gasteiger partial charge in [0.05, 0.1) is 6.04 Å². The number of carbonyl (C=O) groups is 1. The highest BCUT2D eigenvalue weighted by Crippen LogP contribution is 2.40. The van der Waals surface area contributed by atoms with Crippen LogP contribution < -0.4 is 11.1 Å². The van der Waals surface area contributed by atoms with Crippen molar-refractivity contribution in [3.8, 4) is 0 Å². The summed E-state index contributed by atoms with van der Waals surface area (Å²) in [6, 6.07) is 10.2. The molecule has 0 saturated heterocycles. The van der Waals surface area contributed by atoms with E-state index in [1.807, 2.05) is 0 Å². The Hall–Kier alpha value is -1.06. The summed E-state index contributed by atoms with van der Waals surface area (Å²) in [4.78, 5) is 12.0. The van der Waals surface area contributed by atoms with Crippen molar-refractivity contribution < 1.29 is 4.79 Å². The zero-order valence-electron chi connectivity index (χ0n) is 13.5. The van der Waals surface area contributed by atoms with E-state index in [-0.39, 0.29) is 29.8 Å². The molecule has 1 aliphatic carbocycles. The number of hydrogen-bond donors (Lipinski definition) is 2. The molecular formula is C18H29ClN2O. The Morgan fingerprint density at radius 2 is 1.91 bits per heavy atom. The lowest BCUT2D eigenvalue weighted by atomic mass is 9.80. The molecule has 0 radical (unpaired) electrons. The average molecular weight is 325 g/mol. The first-order valence-electron chi connectivity index (χ1n) is 8.22. The van der Waals surface area contributed by atoms with Crippen LogP contribution in [0.1, 0.15) is 51.0 Å². The maximum atomic E-state index is 12.0. The molecule has 4 heteroatoms. The van der Waals surface area contributed by atoms with E-state index in [4.69, 9.17) is 5.73 Å². The Morgan fingerprint density at radius 3 is 2.50 bits per heavy atom. The summed E-state index contributed by atoms with van der Waals surface area (Å²) in [6.07, 6.45) is 7.70. The van der Waals surface area contributed by atoms with Gasteiger partial charge in [-0.25, -0.2) is 0 Å². The van der Waals surface area contributed by atoms with Gasteiger partial charge in [-0.3, -0.25) is 4.79 Å². The molecule has 22 heavy (non-hydrogen) atoms. The smallest absolute Gasteiger partial charge is 0.236 e. The van der Waals surface area contributed by atoms with Crippen molar-refractivity contribution in [2.24, 2.45) is 11.1 Å². The number of amides is 1. The lowest BCUT2D eigenvalue weighted by molar-refractivity contribution is -0.123. The lowest BCUT2D eigenvalue weighted by Gasteiger charge is -2.30. The van der Waals surface area contributed by atoms with Gasteiger partial charge in [0.1, 0.15) is 0 Å². The third-order valence-corrected chi connectivity index (χ3v) is 4.66. The lowest BCUT2D eigenvalue weighted by Crippen LogP contribution is -2.45. The molecule has 1 atom stereocenters. The van der Waals surface area contributed by atoms with Gasteiger partial charge >= 0.3 is 0 Å². The Kier molecular flexibility index (Phi) is 7.91. The standard InChI is InChI=1S/C18H28N2O.ClH/c1-2-8-16(19)17(21)20-14-18(11-6-7-12-18)13-15-9-4-3-5-10-15;/h3-5,9-10,16H,2,6-8,11-14,19H2,1H3,(H,20,21);1H. The van der Waals surface area contributed by atoms with E-state index in [0.29, 0.717) is 0 Å². The summed E-state index contributed by atoms with van der Waals surface area (Å²) >= 11 is 0. The highest BCUT2D eigenvalue weighted by Gasteiger charge is 2.34. The van der Waals surface area contributed by atoms with Crippen LogP contribution in [0.25, 0.3) is 0 Å². The Bertz CT molecular complexity index is 444. The van der Waals surface area contributed by atoms with Crippen molar-refractivity contribution in [2.45, 2.75) is 57.9 Å². The van der Waals surface area contributed by atoms with Gasteiger partial charge in [-0.05, 0) is 36.7 Å². The third kappa shape index (κ3) is 5.29. The van der Waals surface area contributed by atoms with Gasteiger partial charge < -0.3 is 11.1 Å². The zero-order valence-corrected chi connectivity index (χ0v) is 14.3. The van der Waals surface area contributed by atoms with Gasteiger partial charge in [-0.15, -0.1) is 12.4 Å². The van der Waals surface area contributed by atoms with E-state index in [9.17, 15) is 4.79 Å². The molecule has 1 aliphatic rings. The highest BCUT2D eigenvalue weighted by molar-refractivity contribution is 5.85. The van der Waals surface area contributed by atoms with Gasteiger partial charge in [0.2, 0.25) is 5.91 Å². The molecule has 0 bridgehead atoms. The molecule has 3 nitrogen and oxygen atoms in total. The van der Waals surface area contributed by atoms with E-state index in [1.54, 1.807) is 0 Å². The fourth-order valence-corrected chi connectivity index (χ4v) is 3.42. The van der Waals surface area contributed by atoms with E-state index >= 15 is 0 Å². The van der Waals surface area contributed by atoms with Crippen molar-refractivity contribution in [3.05, 3.63) is 35.9 Å². The second-order valence-corrected chi connectivity index (χ2v) is 6.48. The predicted octanol–water partition coefficient (Wildman–Crippen LogP) is 3.45. The molecule has 1 aromatic rings. The minimum atomic E-state index is -0.356. The van der Waals surface area contributed by atoms with E-state index in [1.165, 1.54) is 31.2 Å². The Labute approximate surface area is 140 Å². The monoisotopic (exact) mass is 324 g/mol. The quantitative estimate of drug-likeness (QED) is 0.807. The topological polar surface area (TPSA) is 55.1 Å². The molecule has 0 spiro atoms. The summed E-state index contributed by atoms with van der Waals surface area (Å²) in [7, 11) is 0. The summed E-state index contributed by atoms with van der Waals surface area (Å²) in [5.41, 5.74) is 7.49. The van der Waals surface area contributed by atoms with Crippen LogP contribution in [-0.4, -0.2) is 18.5 Å². The van der Waals surface area contributed by atoms with Crippen LogP contribution in [0.5, 0.6) is 0 Å². The van der Waals surface area contributed by atoms with Crippen molar-refractivity contribution in [1.82, 2.24) is 5.32 Å². The minimum absolute atomic E-state index is 0. The maximum absolute atomic E-state index is 12.0. The van der Waals surface area contributed by atoms with Crippen LogP contribution in [0.3, 0.4) is 0 Å². The fourth-order valence-electron chi connectivity index (χ4n) is 3.42. The van der Waals surface area contributed by atoms with Gasteiger partial charge in [-0.1, -0.05) is 56.5 Å². The predicted molar refractivity (Wildman–Crippen MR) is 94.2 cm³/mol. The van der Waals surface area contributed by atoms with Crippen molar-refractivity contribution in [1.29, 1.82) is 0 Å². The summed E-state index contributed by atoms with van der Waals surface area (Å²) < 4.78 is 0. The van der Waals surface area contributed by atoms with E-state index in [2.05, 4.69) is 42.6 Å². The van der Waals surface area contributed by atoms with Crippen LogP contribution in [0.4, 0.5) is 0 Å². The summed E-state index contributed by atoms with van der Waals surface area (Å²) in [5, 5.41) is 3.11. The number of nitrogens with one attached hydrogen (secondary N) is 1. The first-order chi connectivity index (χ1) is 10.2. The molecule has 1 aromatic carbocycles. The minimum Gasteiger partial charge on any atom is -0.354 e. The van der Waals surface area contributed by atoms with Crippen molar-refractivity contribution >= 4 is 18.3 Å². The second kappa shape index (κ2) is 9.16. The SMILES string of the molecule is CCCC(N)C(=O)NCC1(Cc2ccccc2)CCCC1.Cl. The molecule has 0 heterocycles. The van der Waals surface area contributed by atoms with Crippen LogP contribution >= 0.6 is 12.4 Å². The molecule has 3 N–H and O–H groups in total. The molecule has 0 aromatic heterocycles. The molecule has 1 fully saturated rings. The van der Waals surface area contributed by atoms with Crippen LogP contribution in [-0.2, 0) is 11.2 Å². The van der Waals surface area contributed by atoms with Crippen LogP contribution in [0, 0.1) is 5.41 Å². The molecular weight excluding hydrogens is 296 g/mol. The normalized spacial score (nSPS) is 17.5. The largest absolute Gasteiger partial charge is 0.354 e. The zero-order chi connectivity index (χ0) is 15.1. The van der Waals surface area contributed by atoms with Gasteiger partial charge in [0.15, 0.2) is 0 Å². The molecule has 1 unspecified atom stereocenters. The van der Waals surface area contributed by atoms with Gasteiger partial charge in [0.25, 0.3) is 0 Å². The van der Waals surface area contributed by atoms with Crippen LogP contribution in [0.2, 0.25) is 0 Å². The van der Waals surface area contributed by atoms with Crippen molar-refractivity contribution in [2.75, 3.05) is 6.54 Å². The number of halogens is 1. The number of hydrogen-bond acceptors (Lipinski definition) is 2. The molecule has 1 amide bonds. The number of carbonyl (C=O) groups excluding carboxylic acids is 1. The first-order valence-corrected chi connectivity index (χ1v) is 8.22. The number of rotatable bonds is 7. The second-order valence-electron chi connectivity index (χ2n) is 6.48. The molecule has 2 rings (SSSR count). The summed E-state index contributed by atoms with van der Waals surface area (Å²) in [6.45, 7) is 2.82. The highest BCUT2D eigenvalue weighted by atomic mass is 35.5. The summed E-state index contributed by atoms with van der Waals surface area (Å²) in [5.74, 6) is 0.0104. The Balaban J connectivity index is 0.00000242. The van der Waals surface area contributed by atoms with Crippen LogP contribution in [0.15, 0.2) is 30.3 Å². The molecule has 1 saturated carbocycles. The van der Waals surface area contributed by atoms with Crippen molar-refractivity contribution in [3.63, 3.8) is 0 Å². The molecule has 124 valence electrons. The van der Waals surface area contributed by atoms with E-state index < -0.39 is 0 Å². The van der Waals surface area contributed by atoms with E-state index in [0.717, 1.165) is 25.8 Å². The fraction of sp³-hybridized carbons (Fsp3) is 0.611. The number of benzene rings is 1. The Morgan fingerprint density at radius 1 is 1.27 bits per heavy atom. The third-order valence-electron chi connectivity index (χ3n) is 4.66. The first kappa shape index (κ1) is 19.0. The maximum Gasteiger partial charge on any atom is 0.236 e. The van der Waals surface area contributed by atoms with Gasteiger partial charge in [0, 0.05) is 6.54 Å². The average Bonchev–Trinajstić information content (AvgIpc) is 2.95.